The van der Waals surface area contributed by atoms with Gasteiger partial charge in [-0.3, -0.25) is 0 Å². The summed E-state index contributed by atoms with van der Waals surface area (Å²) in [7, 11) is 1.63. The quantitative estimate of drug-likeness (QED) is 0.688. The Bertz CT molecular complexity index is 652. The molecular weight excluding hydrogens is 298 g/mol. The predicted octanol–water partition coefficient (Wildman–Crippen LogP) is 4.81. The van der Waals surface area contributed by atoms with Gasteiger partial charge in [0.05, 0.1) is 25.7 Å². The van der Waals surface area contributed by atoms with E-state index >= 15 is 0 Å². The summed E-state index contributed by atoms with van der Waals surface area (Å²) < 4.78 is 10.8. The average Bonchev–Trinajstić information content (AvgIpc) is 2.56. The third-order valence-electron chi connectivity index (χ3n) is 3.38. The average molecular weight is 316 g/mol. The zero-order valence-electron chi connectivity index (χ0n) is 12.5. The Kier molecular flexibility index (Phi) is 6.12. The van der Waals surface area contributed by atoms with Crippen LogP contribution >= 0.6 is 11.6 Å². The highest BCUT2D eigenvalue weighted by Crippen LogP contribution is 2.27. The molecule has 0 aliphatic carbocycles. The van der Waals surface area contributed by atoms with E-state index in [1.54, 1.807) is 7.11 Å². The van der Waals surface area contributed by atoms with Gasteiger partial charge in [-0.25, -0.2) is 0 Å². The molecule has 0 heterocycles. The number of nitriles is 1. The summed E-state index contributed by atoms with van der Waals surface area (Å²) in [6.07, 6.45) is 1.49. The molecule has 0 saturated heterocycles. The summed E-state index contributed by atoms with van der Waals surface area (Å²) in [5.41, 5.74) is 0.882. The van der Waals surface area contributed by atoms with Gasteiger partial charge in [0.2, 0.25) is 0 Å². The van der Waals surface area contributed by atoms with Gasteiger partial charge in [-0.2, -0.15) is 5.26 Å². The number of benzene rings is 2. The maximum Gasteiger partial charge on any atom is 0.122 e. The van der Waals surface area contributed by atoms with E-state index in [9.17, 15) is 5.26 Å². The first-order chi connectivity index (χ1) is 10.7. The first-order valence-corrected chi connectivity index (χ1v) is 7.53. The number of ether oxygens (including phenoxy) is 2. The van der Waals surface area contributed by atoms with Crippen molar-refractivity contribution in [3.05, 3.63) is 59.1 Å². The summed E-state index contributed by atoms with van der Waals surface area (Å²) in [4.78, 5) is 0. The molecule has 0 aromatic heterocycles. The van der Waals surface area contributed by atoms with E-state index < -0.39 is 0 Å². The van der Waals surface area contributed by atoms with Gasteiger partial charge in [0, 0.05) is 11.1 Å². The number of nitrogens with zero attached hydrogens (tertiary/aromatic N) is 1. The second-order valence-corrected chi connectivity index (χ2v) is 5.28. The standard InChI is InChI=1S/C18H18ClNO2/c1-21-15-7-4-8-16(12-15)22-11-5-6-14(13-20)17-9-2-3-10-18(17)19/h2-4,7-10,12,14H,5-6,11H2,1H3. The molecule has 0 aliphatic rings. The fourth-order valence-corrected chi connectivity index (χ4v) is 2.48. The van der Waals surface area contributed by atoms with Crippen LogP contribution in [0.1, 0.15) is 24.3 Å². The van der Waals surface area contributed by atoms with Crippen LogP contribution in [0.25, 0.3) is 0 Å². The number of methoxy groups -OCH3 is 1. The SMILES string of the molecule is COc1cccc(OCCCC(C#N)c2ccccc2Cl)c1. The van der Waals surface area contributed by atoms with E-state index in [1.165, 1.54) is 0 Å². The lowest BCUT2D eigenvalue weighted by Gasteiger charge is -2.12. The molecule has 1 atom stereocenters. The Morgan fingerprint density at radius 3 is 2.64 bits per heavy atom. The topological polar surface area (TPSA) is 42.2 Å². The molecule has 0 fully saturated rings. The molecule has 0 bridgehead atoms. The van der Waals surface area contributed by atoms with Crippen LogP contribution in [0.15, 0.2) is 48.5 Å². The summed E-state index contributed by atoms with van der Waals surface area (Å²) in [6, 6.07) is 17.3. The molecule has 22 heavy (non-hydrogen) atoms. The highest BCUT2D eigenvalue weighted by atomic mass is 35.5. The van der Waals surface area contributed by atoms with Gasteiger partial charge in [-0.05, 0) is 36.6 Å². The van der Waals surface area contributed by atoms with E-state index in [0.29, 0.717) is 18.1 Å². The van der Waals surface area contributed by atoms with Crippen molar-refractivity contribution in [3.63, 3.8) is 0 Å². The van der Waals surface area contributed by atoms with Crippen molar-refractivity contribution in [2.45, 2.75) is 18.8 Å². The van der Waals surface area contributed by atoms with Gasteiger partial charge >= 0.3 is 0 Å². The monoisotopic (exact) mass is 315 g/mol. The third kappa shape index (κ3) is 4.41. The van der Waals surface area contributed by atoms with Crippen LogP contribution in [0.5, 0.6) is 11.5 Å². The zero-order valence-corrected chi connectivity index (χ0v) is 13.2. The lowest BCUT2D eigenvalue weighted by Crippen LogP contribution is -2.02. The normalized spacial score (nSPS) is 11.5. The van der Waals surface area contributed by atoms with Crippen molar-refractivity contribution in [2.75, 3.05) is 13.7 Å². The second kappa shape index (κ2) is 8.31. The smallest absolute Gasteiger partial charge is 0.122 e. The van der Waals surface area contributed by atoms with E-state index in [4.69, 9.17) is 21.1 Å². The Hall–Kier alpha value is -2.18. The number of halogens is 1. The first-order valence-electron chi connectivity index (χ1n) is 7.15. The molecule has 0 saturated carbocycles. The van der Waals surface area contributed by atoms with E-state index in [0.717, 1.165) is 23.5 Å². The van der Waals surface area contributed by atoms with Gasteiger partial charge in [0.25, 0.3) is 0 Å². The molecule has 114 valence electrons. The van der Waals surface area contributed by atoms with Crippen LogP contribution < -0.4 is 9.47 Å². The molecule has 2 aromatic rings. The minimum atomic E-state index is -0.206. The third-order valence-corrected chi connectivity index (χ3v) is 3.73. The molecule has 1 unspecified atom stereocenters. The van der Waals surface area contributed by atoms with Crippen molar-refractivity contribution in [2.24, 2.45) is 0 Å². The molecule has 4 heteroatoms. The van der Waals surface area contributed by atoms with Gasteiger partial charge in [-0.15, -0.1) is 0 Å². The van der Waals surface area contributed by atoms with E-state index in [2.05, 4.69) is 6.07 Å². The maximum atomic E-state index is 9.32. The van der Waals surface area contributed by atoms with Crippen LogP contribution in [-0.2, 0) is 0 Å². The molecule has 0 aliphatic heterocycles. The van der Waals surface area contributed by atoms with Crippen LogP contribution in [0.2, 0.25) is 5.02 Å². The number of rotatable bonds is 7. The summed E-state index contributed by atoms with van der Waals surface area (Å²) in [5.74, 6) is 1.33. The Balaban J connectivity index is 1.85. The van der Waals surface area contributed by atoms with Crippen molar-refractivity contribution in [1.82, 2.24) is 0 Å². The number of hydrogen-bond acceptors (Lipinski definition) is 3. The zero-order chi connectivity index (χ0) is 15.8. The Labute approximate surface area is 136 Å². The highest BCUT2D eigenvalue weighted by molar-refractivity contribution is 6.31. The molecule has 0 radical (unpaired) electrons. The summed E-state index contributed by atoms with van der Waals surface area (Å²) in [6.45, 7) is 0.551. The lowest BCUT2D eigenvalue weighted by molar-refractivity contribution is 0.302. The molecule has 0 amide bonds. The van der Waals surface area contributed by atoms with Crippen molar-refractivity contribution < 1.29 is 9.47 Å². The summed E-state index contributed by atoms with van der Waals surface area (Å²) in [5, 5.41) is 9.96. The first kappa shape index (κ1) is 16.2. The fraction of sp³-hybridized carbons (Fsp3) is 0.278. The van der Waals surface area contributed by atoms with Crippen molar-refractivity contribution in [1.29, 1.82) is 5.26 Å². The van der Waals surface area contributed by atoms with Gasteiger partial charge in [0.15, 0.2) is 0 Å². The molecule has 2 aromatic carbocycles. The minimum absolute atomic E-state index is 0.206. The van der Waals surface area contributed by atoms with Gasteiger partial charge in [-0.1, -0.05) is 35.9 Å². The summed E-state index contributed by atoms with van der Waals surface area (Å²) >= 11 is 6.14. The van der Waals surface area contributed by atoms with Gasteiger partial charge in [0.1, 0.15) is 11.5 Å². The molecule has 0 spiro atoms. The van der Waals surface area contributed by atoms with Crippen LogP contribution in [0.4, 0.5) is 0 Å². The highest BCUT2D eigenvalue weighted by Gasteiger charge is 2.13. The van der Waals surface area contributed by atoms with E-state index in [1.807, 2.05) is 48.5 Å². The second-order valence-electron chi connectivity index (χ2n) is 4.87. The van der Waals surface area contributed by atoms with Crippen molar-refractivity contribution >= 4 is 11.6 Å². The van der Waals surface area contributed by atoms with Gasteiger partial charge < -0.3 is 9.47 Å². The lowest BCUT2D eigenvalue weighted by atomic mass is 9.96. The largest absolute Gasteiger partial charge is 0.497 e. The predicted molar refractivity (Wildman–Crippen MR) is 87.5 cm³/mol. The van der Waals surface area contributed by atoms with Crippen molar-refractivity contribution in [3.8, 4) is 17.6 Å². The maximum absolute atomic E-state index is 9.32. The number of hydrogen-bond donors (Lipinski definition) is 0. The Morgan fingerprint density at radius 2 is 1.91 bits per heavy atom. The van der Waals surface area contributed by atoms with Crippen LogP contribution in [0.3, 0.4) is 0 Å². The van der Waals surface area contributed by atoms with E-state index in [-0.39, 0.29) is 5.92 Å². The fourth-order valence-electron chi connectivity index (χ4n) is 2.22. The minimum Gasteiger partial charge on any atom is -0.497 e. The Morgan fingerprint density at radius 1 is 1.14 bits per heavy atom. The van der Waals surface area contributed by atoms with Crippen LogP contribution in [-0.4, -0.2) is 13.7 Å². The molecule has 0 N–H and O–H groups in total. The molecule has 2 rings (SSSR count). The van der Waals surface area contributed by atoms with Crippen LogP contribution in [0, 0.1) is 11.3 Å². The molecular formula is C18H18ClNO2. The molecule has 3 nitrogen and oxygen atoms in total.